The van der Waals surface area contributed by atoms with Crippen LogP contribution >= 0.6 is 22.9 Å². The number of hydrogen-bond acceptors (Lipinski definition) is 5. The van der Waals surface area contributed by atoms with Crippen LogP contribution in [0.5, 0.6) is 0 Å². The number of ether oxygens (including phenoxy) is 1. The lowest BCUT2D eigenvalue weighted by molar-refractivity contribution is -0.148. The van der Waals surface area contributed by atoms with Crippen molar-refractivity contribution >= 4 is 40.6 Å². The summed E-state index contributed by atoms with van der Waals surface area (Å²) in [7, 11) is 0. The van der Waals surface area contributed by atoms with Crippen LogP contribution < -0.4 is 5.32 Å². The van der Waals surface area contributed by atoms with E-state index in [2.05, 4.69) is 5.32 Å². The number of amides is 1. The molecular weight excluding hydrogens is 362 g/mol. The first-order chi connectivity index (χ1) is 12.0. The summed E-state index contributed by atoms with van der Waals surface area (Å²) in [5.74, 6) is -1.14. The van der Waals surface area contributed by atoms with Gasteiger partial charge in [-0.3, -0.25) is 14.4 Å². The van der Waals surface area contributed by atoms with E-state index in [1.807, 2.05) is 24.4 Å². The van der Waals surface area contributed by atoms with E-state index in [-0.39, 0.29) is 37.2 Å². The van der Waals surface area contributed by atoms with Crippen molar-refractivity contribution in [1.29, 1.82) is 0 Å². The Kier molecular flexibility index (Phi) is 7.16. The van der Waals surface area contributed by atoms with Gasteiger partial charge in [0.15, 0.2) is 12.4 Å². The Morgan fingerprint density at radius 1 is 1.16 bits per heavy atom. The fraction of sp³-hybridized carbons (Fsp3) is 0.278. The fourth-order valence-corrected chi connectivity index (χ4v) is 2.97. The summed E-state index contributed by atoms with van der Waals surface area (Å²) in [4.78, 5) is 36.4. The molecule has 0 aliphatic rings. The zero-order valence-corrected chi connectivity index (χ0v) is 15.2. The first kappa shape index (κ1) is 19.1. The summed E-state index contributed by atoms with van der Waals surface area (Å²) >= 11 is 7.30. The zero-order valence-electron chi connectivity index (χ0n) is 13.7. The Morgan fingerprint density at radius 2 is 1.88 bits per heavy atom. The molecular formula is C18H18ClNO4S. The van der Waals surface area contributed by atoms with Crippen LogP contribution in [-0.2, 0) is 14.3 Å². The highest BCUT2D eigenvalue weighted by atomic mass is 35.5. The van der Waals surface area contributed by atoms with E-state index in [0.29, 0.717) is 10.6 Å². The number of benzene rings is 1. The zero-order chi connectivity index (χ0) is 18.2. The van der Waals surface area contributed by atoms with Gasteiger partial charge in [0.2, 0.25) is 0 Å². The predicted molar refractivity (Wildman–Crippen MR) is 96.9 cm³/mol. The quantitative estimate of drug-likeness (QED) is 0.559. The molecule has 1 amide bonds. The molecule has 0 fully saturated rings. The summed E-state index contributed by atoms with van der Waals surface area (Å²) < 4.78 is 4.91. The van der Waals surface area contributed by atoms with Gasteiger partial charge in [0.1, 0.15) is 0 Å². The fourth-order valence-electron chi connectivity index (χ4n) is 2.11. The number of hydrogen-bond donors (Lipinski definition) is 1. The highest BCUT2D eigenvalue weighted by molar-refractivity contribution is 7.10. The average Bonchev–Trinajstić information content (AvgIpc) is 3.13. The second-order valence-corrected chi connectivity index (χ2v) is 6.81. The Bertz CT molecular complexity index is 728. The lowest BCUT2D eigenvalue weighted by atomic mass is 10.1. The normalized spacial score (nSPS) is 11.6. The molecule has 2 rings (SSSR count). The molecule has 7 heteroatoms. The molecule has 1 N–H and O–H groups in total. The standard InChI is InChI=1S/C18H18ClNO4S/c1-12(16-3-2-10-25-16)20-17(22)11-24-18(23)9-8-15(21)13-4-6-14(19)7-5-13/h2-7,10,12H,8-9,11H2,1H3,(H,20,22)/t12-/m1/s1. The number of esters is 1. The van der Waals surface area contributed by atoms with Crippen LogP contribution in [0, 0.1) is 0 Å². The van der Waals surface area contributed by atoms with Crippen LogP contribution in [-0.4, -0.2) is 24.3 Å². The van der Waals surface area contributed by atoms with Crippen molar-refractivity contribution in [2.75, 3.05) is 6.61 Å². The van der Waals surface area contributed by atoms with Crippen molar-refractivity contribution < 1.29 is 19.1 Å². The van der Waals surface area contributed by atoms with Gasteiger partial charge in [-0.1, -0.05) is 17.7 Å². The number of carbonyl (C=O) groups excluding carboxylic acids is 3. The lowest BCUT2D eigenvalue weighted by Crippen LogP contribution is -2.30. The van der Waals surface area contributed by atoms with Gasteiger partial charge in [0, 0.05) is 21.9 Å². The minimum atomic E-state index is -0.582. The molecule has 0 spiro atoms. The smallest absolute Gasteiger partial charge is 0.306 e. The molecule has 5 nitrogen and oxygen atoms in total. The van der Waals surface area contributed by atoms with Crippen molar-refractivity contribution in [2.24, 2.45) is 0 Å². The average molecular weight is 380 g/mol. The van der Waals surface area contributed by atoms with Crippen LogP contribution in [0.4, 0.5) is 0 Å². The van der Waals surface area contributed by atoms with E-state index in [9.17, 15) is 14.4 Å². The molecule has 25 heavy (non-hydrogen) atoms. The number of rotatable bonds is 8. The summed E-state index contributed by atoms with van der Waals surface area (Å²) in [6, 6.07) is 10.1. The van der Waals surface area contributed by atoms with Crippen molar-refractivity contribution in [3.63, 3.8) is 0 Å². The van der Waals surface area contributed by atoms with E-state index in [1.165, 1.54) is 11.3 Å². The van der Waals surface area contributed by atoms with Crippen molar-refractivity contribution in [3.8, 4) is 0 Å². The summed E-state index contributed by atoms with van der Waals surface area (Å²) in [5, 5.41) is 5.22. The number of Topliss-reactive ketones (excluding diaryl/α,β-unsaturated/α-hetero) is 1. The molecule has 1 aromatic carbocycles. The largest absolute Gasteiger partial charge is 0.456 e. The van der Waals surface area contributed by atoms with Gasteiger partial charge in [-0.15, -0.1) is 11.3 Å². The predicted octanol–water partition coefficient (Wildman–Crippen LogP) is 3.79. The first-order valence-corrected chi connectivity index (χ1v) is 8.98. The topological polar surface area (TPSA) is 72.5 Å². The van der Waals surface area contributed by atoms with E-state index >= 15 is 0 Å². The third-order valence-electron chi connectivity index (χ3n) is 3.43. The van der Waals surface area contributed by atoms with Crippen molar-refractivity contribution in [1.82, 2.24) is 5.32 Å². The summed E-state index contributed by atoms with van der Waals surface area (Å²) in [6.45, 7) is 1.50. The SMILES string of the molecule is C[C@@H](NC(=O)COC(=O)CCC(=O)c1ccc(Cl)cc1)c1cccs1. The molecule has 0 bridgehead atoms. The summed E-state index contributed by atoms with van der Waals surface area (Å²) in [6.07, 6.45) is -0.0527. The summed E-state index contributed by atoms with van der Waals surface area (Å²) in [5.41, 5.74) is 0.486. The van der Waals surface area contributed by atoms with Gasteiger partial charge in [-0.2, -0.15) is 0 Å². The van der Waals surface area contributed by atoms with E-state index in [0.717, 1.165) is 4.88 Å². The molecule has 0 radical (unpaired) electrons. The maximum atomic E-state index is 11.9. The molecule has 0 saturated carbocycles. The van der Waals surface area contributed by atoms with Gasteiger partial charge in [-0.05, 0) is 42.6 Å². The third-order valence-corrected chi connectivity index (χ3v) is 4.74. The number of carbonyl (C=O) groups is 3. The highest BCUT2D eigenvalue weighted by Gasteiger charge is 2.14. The Labute approximate surface area is 154 Å². The van der Waals surface area contributed by atoms with Crippen LogP contribution in [0.15, 0.2) is 41.8 Å². The van der Waals surface area contributed by atoms with Crippen molar-refractivity contribution in [2.45, 2.75) is 25.8 Å². The molecule has 1 aromatic heterocycles. The van der Waals surface area contributed by atoms with Gasteiger partial charge < -0.3 is 10.1 Å². The van der Waals surface area contributed by atoms with E-state index in [4.69, 9.17) is 16.3 Å². The molecule has 1 atom stereocenters. The molecule has 0 aliphatic carbocycles. The Morgan fingerprint density at radius 3 is 2.52 bits per heavy atom. The Balaban J connectivity index is 1.68. The van der Waals surface area contributed by atoms with Crippen LogP contribution in [0.1, 0.15) is 41.0 Å². The van der Waals surface area contributed by atoms with Crippen LogP contribution in [0.3, 0.4) is 0 Å². The van der Waals surface area contributed by atoms with Gasteiger partial charge in [-0.25, -0.2) is 0 Å². The lowest BCUT2D eigenvalue weighted by Gasteiger charge is -2.12. The van der Waals surface area contributed by atoms with Gasteiger partial charge in [0.25, 0.3) is 5.91 Å². The second-order valence-electron chi connectivity index (χ2n) is 5.40. The highest BCUT2D eigenvalue weighted by Crippen LogP contribution is 2.17. The monoisotopic (exact) mass is 379 g/mol. The number of ketones is 1. The molecule has 2 aromatic rings. The minimum Gasteiger partial charge on any atom is -0.456 e. The van der Waals surface area contributed by atoms with Crippen LogP contribution in [0.25, 0.3) is 0 Å². The molecule has 0 saturated heterocycles. The van der Waals surface area contributed by atoms with Crippen molar-refractivity contribution in [3.05, 3.63) is 57.2 Å². The number of nitrogens with one attached hydrogen (secondary N) is 1. The van der Waals surface area contributed by atoms with Crippen LogP contribution in [0.2, 0.25) is 5.02 Å². The van der Waals surface area contributed by atoms with E-state index < -0.39 is 5.97 Å². The molecule has 1 heterocycles. The second kappa shape index (κ2) is 9.34. The first-order valence-electron chi connectivity index (χ1n) is 7.73. The van der Waals surface area contributed by atoms with E-state index in [1.54, 1.807) is 24.3 Å². The minimum absolute atomic E-state index is 0.0215. The molecule has 132 valence electrons. The Hall–Kier alpha value is -2.18. The molecule has 0 aliphatic heterocycles. The van der Waals surface area contributed by atoms with Gasteiger partial charge in [0.05, 0.1) is 12.5 Å². The maximum Gasteiger partial charge on any atom is 0.306 e. The maximum absolute atomic E-state index is 11.9. The van der Waals surface area contributed by atoms with Gasteiger partial charge >= 0.3 is 5.97 Å². The number of thiophene rings is 1. The molecule has 0 unspecified atom stereocenters. The number of halogens is 1. The third kappa shape index (κ3) is 6.32.